The second-order valence-corrected chi connectivity index (χ2v) is 11.8. The third-order valence-corrected chi connectivity index (χ3v) is 8.79. The molecule has 0 aliphatic carbocycles. The fraction of sp³-hybridized carbons (Fsp3) is 0.226. The first kappa shape index (κ1) is 26.0. The fourth-order valence-electron chi connectivity index (χ4n) is 5.34. The number of hydrogen-bond donors (Lipinski definition) is 1. The summed E-state index contributed by atoms with van der Waals surface area (Å²) in [5, 5.41) is 9.74. The van der Waals surface area contributed by atoms with Crippen molar-refractivity contribution in [2.24, 2.45) is 0 Å². The summed E-state index contributed by atoms with van der Waals surface area (Å²) >= 11 is 7.13. The molecule has 7 rings (SSSR count). The van der Waals surface area contributed by atoms with E-state index in [2.05, 4.69) is 4.57 Å². The average molecular weight is 591 g/mol. The Hall–Kier alpha value is -3.92. The number of ether oxygens (including phenoxy) is 3. The van der Waals surface area contributed by atoms with Gasteiger partial charge in [0.1, 0.15) is 21.3 Å². The maximum atomic E-state index is 14.8. The van der Waals surface area contributed by atoms with Crippen molar-refractivity contribution in [3.63, 3.8) is 0 Å². The number of benzene rings is 3. The van der Waals surface area contributed by atoms with Crippen molar-refractivity contribution < 1.29 is 28.5 Å². The summed E-state index contributed by atoms with van der Waals surface area (Å²) in [6.45, 7) is 3.07. The molecule has 2 unspecified atom stereocenters. The summed E-state index contributed by atoms with van der Waals surface area (Å²) in [5.41, 5.74) is 3.90. The average Bonchev–Trinajstić information content (AvgIpc) is 3.57. The zero-order valence-electron chi connectivity index (χ0n) is 21.9. The van der Waals surface area contributed by atoms with Gasteiger partial charge in [-0.1, -0.05) is 48.0 Å². The number of carboxylic acids is 1. The quantitative estimate of drug-likeness (QED) is 0.214. The molecule has 1 N–H and O–H groups in total. The van der Waals surface area contributed by atoms with Crippen LogP contribution in [0.4, 0.5) is 4.39 Å². The van der Waals surface area contributed by atoms with Gasteiger partial charge in [-0.3, -0.25) is 0 Å². The number of carboxylic acid groups (broad SMARTS) is 1. The number of rotatable bonds is 7. The van der Waals surface area contributed by atoms with Gasteiger partial charge in [-0.05, 0) is 47.9 Å². The molecule has 0 radical (unpaired) electrons. The summed E-state index contributed by atoms with van der Waals surface area (Å²) in [4.78, 5) is 17.3. The van der Waals surface area contributed by atoms with E-state index in [0.717, 1.165) is 41.1 Å². The molecule has 2 aromatic heterocycles. The topological polar surface area (TPSA) is 82.8 Å². The molecule has 2 atom stereocenters. The van der Waals surface area contributed by atoms with Gasteiger partial charge >= 0.3 is 5.97 Å². The molecule has 2 aliphatic rings. The largest absolute Gasteiger partial charge is 0.477 e. The number of aromatic carboxylic acids is 1. The number of halogens is 2. The molecule has 7 nitrogen and oxygen atoms in total. The van der Waals surface area contributed by atoms with Gasteiger partial charge < -0.3 is 23.9 Å². The van der Waals surface area contributed by atoms with Gasteiger partial charge in [-0.2, -0.15) is 0 Å². The first-order valence-corrected chi connectivity index (χ1v) is 14.4. The third-order valence-electron chi connectivity index (χ3n) is 7.54. The Kier molecular flexibility index (Phi) is 6.26. The Bertz CT molecular complexity index is 1810. The number of carbonyl (C=O) groups is 1. The van der Waals surface area contributed by atoms with Crippen molar-refractivity contribution >= 4 is 39.3 Å². The lowest BCUT2D eigenvalue weighted by molar-refractivity contribution is -0.0705. The standard InChI is InChI=1S/C31H24ClFN2O5S/c1-31(22-10-9-19(32)14-23(22)33)39-25-4-2-3-21(28(25)40-31)18-7-5-17(6-8-18)13-27-34-29-24(15-26(41-29)30(36)37)35(27)16-20-11-12-38-20/h2-10,14-15,20H,11-13,16H2,1H3,(H,36,37). The number of nitrogens with zero attached hydrogens (tertiary/aromatic N) is 2. The van der Waals surface area contributed by atoms with E-state index in [1.54, 1.807) is 31.2 Å². The van der Waals surface area contributed by atoms with E-state index in [0.29, 0.717) is 34.3 Å². The van der Waals surface area contributed by atoms with E-state index < -0.39 is 17.6 Å². The molecule has 0 spiro atoms. The molecule has 208 valence electrons. The van der Waals surface area contributed by atoms with Crippen LogP contribution < -0.4 is 9.47 Å². The van der Waals surface area contributed by atoms with Gasteiger partial charge in [0.05, 0.1) is 23.7 Å². The molecule has 3 aromatic carbocycles. The van der Waals surface area contributed by atoms with E-state index >= 15 is 0 Å². The zero-order chi connectivity index (χ0) is 28.3. The number of thiophene rings is 1. The molecule has 2 aliphatic heterocycles. The molecular formula is C31H24ClFN2O5S. The van der Waals surface area contributed by atoms with Crippen LogP contribution in [0.3, 0.4) is 0 Å². The third kappa shape index (κ3) is 4.64. The second-order valence-electron chi connectivity index (χ2n) is 10.3. The molecule has 10 heteroatoms. The van der Waals surface area contributed by atoms with Gasteiger partial charge in [0.15, 0.2) is 11.5 Å². The van der Waals surface area contributed by atoms with Crippen LogP contribution in [-0.2, 0) is 23.5 Å². The Labute approximate surface area is 243 Å². The fourth-order valence-corrected chi connectivity index (χ4v) is 6.39. The molecule has 0 amide bonds. The lowest BCUT2D eigenvalue weighted by Gasteiger charge is -2.27. The van der Waals surface area contributed by atoms with Crippen molar-refractivity contribution in [1.29, 1.82) is 0 Å². The highest BCUT2D eigenvalue weighted by Crippen LogP contribution is 2.49. The van der Waals surface area contributed by atoms with Gasteiger partial charge in [0.25, 0.3) is 5.79 Å². The Morgan fingerprint density at radius 2 is 1.98 bits per heavy atom. The number of hydrogen-bond acceptors (Lipinski definition) is 6. The Balaban J connectivity index is 1.16. The lowest BCUT2D eigenvalue weighted by Crippen LogP contribution is -2.32. The minimum Gasteiger partial charge on any atom is -0.477 e. The van der Waals surface area contributed by atoms with E-state index in [-0.39, 0.29) is 16.5 Å². The van der Waals surface area contributed by atoms with Gasteiger partial charge in [0, 0.05) is 30.5 Å². The van der Waals surface area contributed by atoms with Crippen molar-refractivity contribution in [3.05, 3.63) is 99.4 Å². The maximum Gasteiger partial charge on any atom is 0.346 e. The molecule has 1 saturated heterocycles. The highest BCUT2D eigenvalue weighted by Gasteiger charge is 2.42. The number of imidazole rings is 1. The van der Waals surface area contributed by atoms with Crippen molar-refractivity contribution in [2.45, 2.75) is 38.2 Å². The van der Waals surface area contributed by atoms with Crippen molar-refractivity contribution in [1.82, 2.24) is 9.55 Å². The number of para-hydroxylation sites is 1. The predicted octanol–water partition coefficient (Wildman–Crippen LogP) is 7.28. The van der Waals surface area contributed by atoms with Gasteiger partial charge in [-0.15, -0.1) is 11.3 Å². The van der Waals surface area contributed by atoms with Crippen LogP contribution in [-0.4, -0.2) is 33.3 Å². The van der Waals surface area contributed by atoms with Crippen LogP contribution in [0.5, 0.6) is 11.5 Å². The Morgan fingerprint density at radius 3 is 2.68 bits per heavy atom. The molecule has 0 saturated carbocycles. The highest BCUT2D eigenvalue weighted by molar-refractivity contribution is 7.20. The summed E-state index contributed by atoms with van der Waals surface area (Å²) in [5.74, 6) is -0.838. The van der Waals surface area contributed by atoms with E-state index in [9.17, 15) is 14.3 Å². The summed E-state index contributed by atoms with van der Waals surface area (Å²) in [6, 6.07) is 19.9. The van der Waals surface area contributed by atoms with E-state index in [1.807, 2.05) is 36.4 Å². The molecular weight excluding hydrogens is 567 g/mol. The first-order chi connectivity index (χ1) is 19.8. The van der Waals surface area contributed by atoms with Crippen LogP contribution in [0, 0.1) is 5.82 Å². The van der Waals surface area contributed by atoms with Crippen LogP contribution >= 0.6 is 22.9 Å². The van der Waals surface area contributed by atoms with Gasteiger partial charge in [-0.25, -0.2) is 14.2 Å². The van der Waals surface area contributed by atoms with Crippen LogP contribution in [0.1, 0.15) is 40.0 Å². The van der Waals surface area contributed by atoms with Gasteiger partial charge in [0.2, 0.25) is 0 Å². The molecule has 0 bridgehead atoms. The normalized spacial score (nSPS) is 19.4. The van der Waals surface area contributed by atoms with Crippen LogP contribution in [0.15, 0.2) is 66.7 Å². The molecule has 4 heterocycles. The SMILES string of the molecule is CC1(c2ccc(Cl)cc2F)Oc2cccc(-c3ccc(Cc4nc5sc(C(=O)O)cc5n4CC4CCO4)cc3)c2O1. The smallest absolute Gasteiger partial charge is 0.346 e. The van der Waals surface area contributed by atoms with Crippen LogP contribution in [0.25, 0.3) is 21.5 Å². The van der Waals surface area contributed by atoms with E-state index in [4.69, 9.17) is 30.8 Å². The molecule has 41 heavy (non-hydrogen) atoms. The lowest BCUT2D eigenvalue weighted by atomic mass is 10.0. The summed E-state index contributed by atoms with van der Waals surface area (Å²) < 4.78 is 34.9. The van der Waals surface area contributed by atoms with Crippen molar-refractivity contribution in [2.75, 3.05) is 6.61 Å². The van der Waals surface area contributed by atoms with Crippen LogP contribution in [0.2, 0.25) is 5.02 Å². The minimum absolute atomic E-state index is 0.108. The summed E-state index contributed by atoms with van der Waals surface area (Å²) in [7, 11) is 0. The highest BCUT2D eigenvalue weighted by atomic mass is 35.5. The molecule has 1 fully saturated rings. The summed E-state index contributed by atoms with van der Waals surface area (Å²) in [6.07, 6.45) is 1.66. The molecule has 5 aromatic rings. The zero-order valence-corrected chi connectivity index (χ0v) is 23.5. The number of fused-ring (bicyclic) bond motifs is 2. The van der Waals surface area contributed by atoms with E-state index in [1.165, 1.54) is 17.4 Å². The maximum absolute atomic E-state index is 14.8. The number of aromatic nitrogens is 2. The first-order valence-electron chi connectivity index (χ1n) is 13.2. The predicted molar refractivity (Wildman–Crippen MR) is 154 cm³/mol. The Morgan fingerprint density at radius 1 is 1.17 bits per heavy atom. The monoisotopic (exact) mass is 590 g/mol. The second kappa shape index (κ2) is 9.87. The van der Waals surface area contributed by atoms with Crippen molar-refractivity contribution in [3.8, 4) is 22.6 Å². The minimum atomic E-state index is -1.33.